The lowest BCUT2D eigenvalue weighted by atomic mass is 10.0. The van der Waals surface area contributed by atoms with E-state index in [4.69, 9.17) is 10.4 Å². The summed E-state index contributed by atoms with van der Waals surface area (Å²) in [7, 11) is 0. The molecule has 0 aliphatic carbocycles. The van der Waals surface area contributed by atoms with Crippen molar-refractivity contribution in [3.05, 3.63) is 33.6 Å². The maximum absolute atomic E-state index is 10.7. The van der Waals surface area contributed by atoms with E-state index in [2.05, 4.69) is 4.98 Å². The third-order valence-electron chi connectivity index (χ3n) is 2.32. The average Bonchev–Trinajstić information content (AvgIpc) is 2.37. The van der Waals surface area contributed by atoms with Gasteiger partial charge < -0.3 is 15.3 Å². The van der Waals surface area contributed by atoms with E-state index in [9.17, 15) is 20.3 Å². The quantitative estimate of drug-likeness (QED) is 0.480. The average molecular weight is 253 g/mol. The fraction of sp³-hybridized carbons (Fsp3) is 0.400. The van der Waals surface area contributed by atoms with Gasteiger partial charge in [0.05, 0.1) is 11.0 Å². The fourth-order valence-electron chi connectivity index (χ4n) is 1.37. The van der Waals surface area contributed by atoms with Crippen LogP contribution in [0.25, 0.3) is 0 Å². The molecule has 0 saturated carbocycles. The molecule has 0 aromatic carbocycles. The lowest BCUT2D eigenvalue weighted by Gasteiger charge is -2.16. The summed E-state index contributed by atoms with van der Waals surface area (Å²) in [6.07, 6.45) is -1.66. The van der Waals surface area contributed by atoms with Crippen molar-refractivity contribution in [2.45, 2.75) is 18.6 Å². The topological polar surface area (TPSA) is 141 Å². The van der Waals surface area contributed by atoms with Gasteiger partial charge in [-0.05, 0) is 6.42 Å². The van der Waals surface area contributed by atoms with Crippen LogP contribution in [0.15, 0.2) is 12.3 Å². The standard InChI is InChI=1S/C10H11N3O5/c11-4-7-8(13(17)18)3-6(5-12-7)10(16)9(15)1-2-14/h3,5,9-10,14-16H,1-2H2. The van der Waals surface area contributed by atoms with Gasteiger partial charge in [-0.1, -0.05) is 0 Å². The number of hydrogen-bond acceptors (Lipinski definition) is 7. The highest BCUT2D eigenvalue weighted by Gasteiger charge is 2.23. The largest absolute Gasteiger partial charge is 0.396 e. The van der Waals surface area contributed by atoms with E-state index in [1.54, 1.807) is 6.07 Å². The highest BCUT2D eigenvalue weighted by molar-refractivity contribution is 5.45. The normalized spacial score (nSPS) is 13.7. The summed E-state index contributed by atoms with van der Waals surface area (Å²) in [5.41, 5.74) is -0.889. The number of rotatable bonds is 5. The molecule has 2 unspecified atom stereocenters. The summed E-state index contributed by atoms with van der Waals surface area (Å²) in [5.74, 6) is 0. The molecule has 8 heteroatoms. The van der Waals surface area contributed by atoms with E-state index in [0.29, 0.717) is 0 Å². The predicted octanol–water partition coefficient (Wildman–Crippen LogP) is -0.362. The molecule has 0 spiro atoms. The molecule has 8 nitrogen and oxygen atoms in total. The van der Waals surface area contributed by atoms with Gasteiger partial charge in [0, 0.05) is 24.4 Å². The number of aliphatic hydroxyl groups excluding tert-OH is 3. The molecule has 18 heavy (non-hydrogen) atoms. The fourth-order valence-corrected chi connectivity index (χ4v) is 1.37. The number of pyridine rings is 1. The van der Waals surface area contributed by atoms with Gasteiger partial charge in [0.1, 0.15) is 12.2 Å². The zero-order valence-corrected chi connectivity index (χ0v) is 9.22. The number of hydrogen-bond donors (Lipinski definition) is 3. The van der Waals surface area contributed by atoms with Crippen molar-refractivity contribution < 1.29 is 20.2 Å². The van der Waals surface area contributed by atoms with Crippen LogP contribution in [0.3, 0.4) is 0 Å². The minimum Gasteiger partial charge on any atom is -0.396 e. The van der Waals surface area contributed by atoms with E-state index in [-0.39, 0.29) is 24.3 Å². The van der Waals surface area contributed by atoms with Crippen LogP contribution in [0.1, 0.15) is 23.8 Å². The Balaban J connectivity index is 3.09. The Morgan fingerprint density at radius 1 is 1.56 bits per heavy atom. The van der Waals surface area contributed by atoms with Crippen molar-refractivity contribution >= 4 is 5.69 Å². The Morgan fingerprint density at radius 2 is 2.22 bits per heavy atom. The molecule has 1 aromatic rings. The molecule has 3 N–H and O–H groups in total. The Bertz CT molecular complexity index is 485. The van der Waals surface area contributed by atoms with Crippen molar-refractivity contribution in [2.24, 2.45) is 0 Å². The van der Waals surface area contributed by atoms with Crippen LogP contribution in [0, 0.1) is 21.4 Å². The molecule has 0 fully saturated rings. The number of nitrogens with zero attached hydrogens (tertiary/aromatic N) is 3. The van der Waals surface area contributed by atoms with Gasteiger partial charge in [-0.3, -0.25) is 10.1 Å². The molecule has 1 aromatic heterocycles. The van der Waals surface area contributed by atoms with E-state index in [1.807, 2.05) is 0 Å². The lowest BCUT2D eigenvalue weighted by Crippen LogP contribution is -2.20. The molecule has 0 bridgehead atoms. The molecular weight excluding hydrogens is 242 g/mol. The van der Waals surface area contributed by atoms with Gasteiger partial charge in [-0.2, -0.15) is 5.26 Å². The van der Waals surface area contributed by atoms with Gasteiger partial charge in [-0.25, -0.2) is 4.98 Å². The molecule has 0 radical (unpaired) electrons. The van der Waals surface area contributed by atoms with Crippen LogP contribution in [0.4, 0.5) is 5.69 Å². The number of nitro groups is 1. The third-order valence-corrected chi connectivity index (χ3v) is 2.32. The van der Waals surface area contributed by atoms with Crippen LogP contribution < -0.4 is 0 Å². The van der Waals surface area contributed by atoms with Crippen LogP contribution in [-0.2, 0) is 0 Å². The predicted molar refractivity (Wildman–Crippen MR) is 58.3 cm³/mol. The van der Waals surface area contributed by atoms with Crippen molar-refractivity contribution in [1.82, 2.24) is 4.98 Å². The lowest BCUT2D eigenvalue weighted by molar-refractivity contribution is -0.385. The minimum absolute atomic E-state index is 0.0154. The van der Waals surface area contributed by atoms with Gasteiger partial charge in [0.15, 0.2) is 0 Å². The van der Waals surface area contributed by atoms with Crippen LogP contribution >= 0.6 is 0 Å². The number of nitriles is 1. The van der Waals surface area contributed by atoms with Crippen molar-refractivity contribution in [2.75, 3.05) is 6.61 Å². The van der Waals surface area contributed by atoms with Crippen molar-refractivity contribution in [1.29, 1.82) is 5.26 Å². The molecule has 0 aliphatic heterocycles. The monoisotopic (exact) mass is 253 g/mol. The zero-order valence-electron chi connectivity index (χ0n) is 9.22. The number of aromatic nitrogens is 1. The minimum atomic E-state index is -1.41. The molecule has 1 rings (SSSR count). The van der Waals surface area contributed by atoms with Crippen molar-refractivity contribution in [3.8, 4) is 6.07 Å². The Morgan fingerprint density at radius 3 is 2.72 bits per heavy atom. The Labute approximate surface area is 102 Å². The second kappa shape index (κ2) is 6.02. The third kappa shape index (κ3) is 2.98. The second-order valence-corrected chi connectivity index (χ2v) is 3.53. The second-order valence-electron chi connectivity index (χ2n) is 3.53. The Kier molecular flexibility index (Phi) is 4.67. The zero-order chi connectivity index (χ0) is 13.7. The van der Waals surface area contributed by atoms with Crippen molar-refractivity contribution in [3.63, 3.8) is 0 Å². The maximum Gasteiger partial charge on any atom is 0.306 e. The molecule has 0 aliphatic rings. The first-order valence-corrected chi connectivity index (χ1v) is 5.02. The van der Waals surface area contributed by atoms with Gasteiger partial charge in [0.2, 0.25) is 5.69 Å². The maximum atomic E-state index is 10.7. The number of aliphatic hydroxyl groups is 3. The van der Waals surface area contributed by atoms with E-state index in [0.717, 1.165) is 12.3 Å². The summed E-state index contributed by atoms with van der Waals surface area (Å²) in [6.45, 7) is -0.329. The van der Waals surface area contributed by atoms with Crippen LogP contribution in [-0.4, -0.2) is 37.9 Å². The highest BCUT2D eigenvalue weighted by Crippen LogP contribution is 2.24. The smallest absolute Gasteiger partial charge is 0.306 e. The van der Waals surface area contributed by atoms with E-state index < -0.39 is 22.8 Å². The summed E-state index contributed by atoms with van der Waals surface area (Å²) in [5, 5.41) is 47.1. The SMILES string of the molecule is N#Cc1ncc(C(O)C(O)CCO)cc1[N+](=O)[O-]. The van der Waals surface area contributed by atoms with Gasteiger partial charge >= 0.3 is 5.69 Å². The van der Waals surface area contributed by atoms with Gasteiger partial charge in [0.25, 0.3) is 0 Å². The summed E-state index contributed by atoms with van der Waals surface area (Å²) >= 11 is 0. The molecule has 2 atom stereocenters. The van der Waals surface area contributed by atoms with Crippen LogP contribution in [0.2, 0.25) is 0 Å². The van der Waals surface area contributed by atoms with E-state index >= 15 is 0 Å². The first-order chi connectivity index (χ1) is 8.51. The molecule has 0 saturated heterocycles. The van der Waals surface area contributed by atoms with Crippen LogP contribution in [0.5, 0.6) is 0 Å². The molecule has 0 amide bonds. The molecule has 96 valence electrons. The summed E-state index contributed by atoms with van der Waals surface area (Å²) < 4.78 is 0. The van der Waals surface area contributed by atoms with Gasteiger partial charge in [-0.15, -0.1) is 0 Å². The first-order valence-electron chi connectivity index (χ1n) is 5.02. The Hall–Kier alpha value is -2.08. The summed E-state index contributed by atoms with van der Waals surface area (Å²) in [6, 6.07) is 2.54. The summed E-state index contributed by atoms with van der Waals surface area (Å²) in [4.78, 5) is 13.4. The highest BCUT2D eigenvalue weighted by atomic mass is 16.6. The van der Waals surface area contributed by atoms with E-state index in [1.165, 1.54) is 0 Å². The molecule has 1 heterocycles. The first kappa shape index (κ1) is 14.0. The molecular formula is C10H11N3O5.